The highest BCUT2D eigenvalue weighted by Gasteiger charge is 2.32. The van der Waals surface area contributed by atoms with Crippen LogP contribution in [0.5, 0.6) is 0 Å². The van der Waals surface area contributed by atoms with Gasteiger partial charge in [-0.3, -0.25) is 0 Å². The third-order valence-electron chi connectivity index (χ3n) is 3.51. The highest BCUT2D eigenvalue weighted by Crippen LogP contribution is 2.23. The van der Waals surface area contributed by atoms with Crippen LogP contribution in [0.4, 0.5) is 0 Å². The predicted octanol–water partition coefficient (Wildman–Crippen LogP) is 0.663. The van der Waals surface area contributed by atoms with Crippen LogP contribution < -0.4 is 5.73 Å². The zero-order chi connectivity index (χ0) is 13.2. The van der Waals surface area contributed by atoms with Crippen molar-refractivity contribution in [3.63, 3.8) is 0 Å². The number of rotatable bonds is 2. The fourth-order valence-corrected chi connectivity index (χ4v) is 5.32. The second kappa shape index (κ2) is 5.69. The Kier molecular flexibility index (Phi) is 4.42. The molecule has 2 N–H and O–H groups in total. The number of aliphatic imine (C=N–C) groups is 1. The van der Waals surface area contributed by atoms with E-state index in [0.29, 0.717) is 24.3 Å². The van der Waals surface area contributed by atoms with Crippen LogP contribution in [0, 0.1) is 0 Å². The van der Waals surface area contributed by atoms with E-state index in [-0.39, 0.29) is 0 Å². The number of thioether (sulfide) groups is 1. The highest BCUT2D eigenvalue weighted by molar-refractivity contribution is 8.00. The summed E-state index contributed by atoms with van der Waals surface area (Å²) in [6.45, 7) is 0.671. The second-order valence-corrected chi connectivity index (χ2v) is 8.33. The molecule has 0 amide bonds. The minimum absolute atomic E-state index is 0.291. The molecule has 104 valence electrons. The molecule has 1 aliphatic carbocycles. The van der Waals surface area contributed by atoms with E-state index in [0.717, 1.165) is 18.6 Å². The number of guanidine groups is 1. The van der Waals surface area contributed by atoms with Gasteiger partial charge in [0, 0.05) is 24.3 Å². The zero-order valence-electron chi connectivity index (χ0n) is 10.7. The maximum Gasteiger partial charge on any atom is 0.192 e. The van der Waals surface area contributed by atoms with Crippen LogP contribution in [0.25, 0.3) is 0 Å². The Morgan fingerprint density at radius 2 is 2.06 bits per heavy atom. The molecule has 18 heavy (non-hydrogen) atoms. The van der Waals surface area contributed by atoms with E-state index in [2.05, 4.69) is 4.99 Å². The molecule has 2 aliphatic rings. The zero-order valence-corrected chi connectivity index (χ0v) is 12.3. The van der Waals surface area contributed by atoms with Gasteiger partial charge in [-0.05, 0) is 12.8 Å². The summed E-state index contributed by atoms with van der Waals surface area (Å²) in [5.74, 6) is 1.91. The number of sulfone groups is 1. The second-order valence-electron chi connectivity index (χ2n) is 4.98. The summed E-state index contributed by atoms with van der Waals surface area (Å²) in [5, 5.41) is -0.513. The summed E-state index contributed by atoms with van der Waals surface area (Å²) in [6.07, 6.45) is 5.83. The van der Waals surface area contributed by atoms with Crippen LogP contribution in [0.1, 0.15) is 25.7 Å². The monoisotopic (exact) mass is 291 g/mol. The van der Waals surface area contributed by atoms with Crippen LogP contribution in [-0.4, -0.2) is 55.0 Å². The quantitative estimate of drug-likeness (QED) is 0.597. The van der Waals surface area contributed by atoms with Gasteiger partial charge in [0.2, 0.25) is 0 Å². The van der Waals surface area contributed by atoms with Gasteiger partial charge in [0.05, 0.1) is 6.04 Å². The van der Waals surface area contributed by atoms with Gasteiger partial charge >= 0.3 is 0 Å². The molecule has 7 heteroatoms. The van der Waals surface area contributed by atoms with Gasteiger partial charge < -0.3 is 10.6 Å². The van der Waals surface area contributed by atoms with E-state index in [1.165, 1.54) is 19.1 Å². The first-order valence-electron chi connectivity index (χ1n) is 6.35. The fourth-order valence-electron chi connectivity index (χ4n) is 2.49. The molecule has 1 saturated heterocycles. The molecule has 5 nitrogen and oxygen atoms in total. The number of hydrogen-bond donors (Lipinski definition) is 1. The molecule has 2 fully saturated rings. The molecule has 1 aliphatic heterocycles. The summed E-state index contributed by atoms with van der Waals surface area (Å²) in [5.41, 5.74) is 6.02. The van der Waals surface area contributed by atoms with Crippen molar-refractivity contribution < 1.29 is 8.42 Å². The molecule has 0 spiro atoms. The van der Waals surface area contributed by atoms with Crippen LogP contribution >= 0.6 is 11.8 Å². The SMILES string of the molecule is CS(=O)(=O)C1CSCCN1C(N)=NC1CCCC1. The Balaban J connectivity index is 2.12. The lowest BCUT2D eigenvalue weighted by Gasteiger charge is -2.35. The standard InChI is InChI=1S/C11H21N3O2S2/c1-18(15,16)10-8-17-7-6-14(10)11(12)13-9-4-2-3-5-9/h9-10H,2-8H2,1H3,(H2,12,13). The third kappa shape index (κ3) is 3.32. The Hall–Kier alpha value is -0.430. The van der Waals surface area contributed by atoms with E-state index >= 15 is 0 Å². The van der Waals surface area contributed by atoms with Crippen molar-refractivity contribution in [2.24, 2.45) is 10.7 Å². The van der Waals surface area contributed by atoms with E-state index in [1.807, 2.05) is 0 Å². The van der Waals surface area contributed by atoms with Crippen LogP contribution in [-0.2, 0) is 9.84 Å². The smallest absolute Gasteiger partial charge is 0.192 e. The first-order chi connectivity index (χ1) is 8.48. The molecule has 1 unspecified atom stereocenters. The van der Waals surface area contributed by atoms with Gasteiger partial charge in [0.15, 0.2) is 15.8 Å². The van der Waals surface area contributed by atoms with Crippen molar-refractivity contribution in [3.8, 4) is 0 Å². The molecular weight excluding hydrogens is 270 g/mol. The van der Waals surface area contributed by atoms with E-state index < -0.39 is 15.2 Å². The number of hydrogen-bond acceptors (Lipinski definition) is 4. The van der Waals surface area contributed by atoms with E-state index in [1.54, 1.807) is 16.7 Å². The van der Waals surface area contributed by atoms with Gasteiger partial charge in [-0.2, -0.15) is 11.8 Å². The first kappa shape index (κ1) is 14.0. The molecular formula is C11H21N3O2S2. The van der Waals surface area contributed by atoms with Gasteiger partial charge in [0.25, 0.3) is 0 Å². The summed E-state index contributed by atoms with van der Waals surface area (Å²) in [6, 6.07) is 0.291. The Labute approximate surface area is 113 Å². The van der Waals surface area contributed by atoms with Gasteiger partial charge in [-0.25, -0.2) is 13.4 Å². The van der Waals surface area contributed by atoms with Gasteiger partial charge in [-0.15, -0.1) is 0 Å². The van der Waals surface area contributed by atoms with Crippen molar-refractivity contribution >= 4 is 27.6 Å². The first-order valence-corrected chi connectivity index (χ1v) is 9.46. The topological polar surface area (TPSA) is 75.8 Å². The molecule has 1 saturated carbocycles. The van der Waals surface area contributed by atoms with Crippen LogP contribution in [0.3, 0.4) is 0 Å². The Morgan fingerprint density at radius 1 is 1.39 bits per heavy atom. The van der Waals surface area contributed by atoms with E-state index in [9.17, 15) is 8.42 Å². The summed E-state index contributed by atoms with van der Waals surface area (Å²) < 4.78 is 23.5. The fraction of sp³-hybridized carbons (Fsp3) is 0.909. The minimum Gasteiger partial charge on any atom is -0.370 e. The maximum absolute atomic E-state index is 11.8. The Bertz CT molecular complexity index is 416. The van der Waals surface area contributed by atoms with Gasteiger partial charge in [-0.1, -0.05) is 12.8 Å². The van der Waals surface area contributed by atoms with Crippen molar-refractivity contribution in [1.82, 2.24) is 4.90 Å². The molecule has 1 atom stereocenters. The van der Waals surface area contributed by atoms with Crippen LogP contribution in [0.15, 0.2) is 4.99 Å². The number of nitrogens with two attached hydrogens (primary N) is 1. The minimum atomic E-state index is -3.11. The summed E-state index contributed by atoms with van der Waals surface area (Å²) >= 11 is 1.66. The molecule has 0 aromatic heterocycles. The highest BCUT2D eigenvalue weighted by atomic mass is 32.2. The normalized spacial score (nSPS) is 27.7. The third-order valence-corrected chi connectivity index (χ3v) is 6.16. The number of nitrogens with zero attached hydrogens (tertiary/aromatic N) is 2. The lowest BCUT2D eigenvalue weighted by atomic mass is 10.3. The lowest BCUT2D eigenvalue weighted by Crippen LogP contribution is -2.53. The summed E-state index contributed by atoms with van der Waals surface area (Å²) in [7, 11) is -3.11. The van der Waals surface area contributed by atoms with Gasteiger partial charge in [0.1, 0.15) is 5.37 Å². The lowest BCUT2D eigenvalue weighted by molar-refractivity contribution is 0.402. The summed E-state index contributed by atoms with van der Waals surface area (Å²) in [4.78, 5) is 6.28. The average Bonchev–Trinajstić information content (AvgIpc) is 2.80. The van der Waals surface area contributed by atoms with E-state index in [4.69, 9.17) is 5.73 Å². The predicted molar refractivity (Wildman–Crippen MR) is 76.5 cm³/mol. The molecule has 0 bridgehead atoms. The van der Waals surface area contributed by atoms with Crippen molar-refractivity contribution in [2.45, 2.75) is 37.1 Å². The largest absolute Gasteiger partial charge is 0.370 e. The van der Waals surface area contributed by atoms with Crippen molar-refractivity contribution in [2.75, 3.05) is 24.3 Å². The van der Waals surface area contributed by atoms with Crippen molar-refractivity contribution in [1.29, 1.82) is 0 Å². The molecule has 2 rings (SSSR count). The molecule has 0 radical (unpaired) electrons. The van der Waals surface area contributed by atoms with Crippen molar-refractivity contribution in [3.05, 3.63) is 0 Å². The average molecular weight is 291 g/mol. The maximum atomic E-state index is 11.8. The Morgan fingerprint density at radius 3 is 2.67 bits per heavy atom. The molecule has 0 aromatic carbocycles. The van der Waals surface area contributed by atoms with Crippen LogP contribution in [0.2, 0.25) is 0 Å². The molecule has 1 heterocycles. The molecule has 0 aromatic rings.